The van der Waals surface area contributed by atoms with Crippen LogP contribution in [0.25, 0.3) is 11.0 Å². The molecule has 0 fully saturated rings. The molecular formula is C14H20N4O. The number of hydrogen-bond acceptors (Lipinski definition) is 3. The van der Waals surface area contributed by atoms with Crippen LogP contribution in [0, 0.1) is 6.92 Å². The van der Waals surface area contributed by atoms with Gasteiger partial charge in [0.15, 0.2) is 0 Å². The maximum atomic E-state index is 11.7. The summed E-state index contributed by atoms with van der Waals surface area (Å²) in [5.41, 5.74) is 6.95. The molecule has 5 nitrogen and oxygen atoms in total. The number of fused-ring (bicyclic) bond motifs is 1. The van der Waals surface area contributed by atoms with E-state index in [0.717, 1.165) is 16.9 Å². The summed E-state index contributed by atoms with van der Waals surface area (Å²) in [6.07, 6.45) is 0. The van der Waals surface area contributed by atoms with Crippen molar-refractivity contribution in [3.8, 4) is 0 Å². The molecule has 0 bridgehead atoms. The van der Waals surface area contributed by atoms with Crippen molar-refractivity contribution >= 4 is 16.9 Å². The van der Waals surface area contributed by atoms with E-state index in [9.17, 15) is 4.79 Å². The van der Waals surface area contributed by atoms with Gasteiger partial charge in [-0.05, 0) is 32.9 Å². The Hall–Kier alpha value is -1.88. The first-order valence-electron chi connectivity index (χ1n) is 6.38. The molecule has 102 valence electrons. The lowest BCUT2D eigenvalue weighted by Crippen LogP contribution is -2.49. The molecule has 2 rings (SSSR count). The zero-order valence-corrected chi connectivity index (χ0v) is 11.6. The van der Waals surface area contributed by atoms with Crippen molar-refractivity contribution in [2.24, 2.45) is 5.73 Å². The molecule has 19 heavy (non-hydrogen) atoms. The topological polar surface area (TPSA) is 72.9 Å². The second-order valence-electron chi connectivity index (χ2n) is 5.28. The molecule has 0 saturated heterocycles. The largest absolute Gasteiger partial charge is 0.353 e. The molecule has 2 aromatic rings. The van der Waals surface area contributed by atoms with Crippen LogP contribution in [0.1, 0.15) is 19.7 Å². The van der Waals surface area contributed by atoms with Crippen LogP contribution in [-0.4, -0.2) is 27.5 Å². The van der Waals surface area contributed by atoms with E-state index in [1.807, 2.05) is 31.2 Å². The molecule has 5 heteroatoms. The van der Waals surface area contributed by atoms with Gasteiger partial charge in [0.1, 0.15) is 5.82 Å². The van der Waals surface area contributed by atoms with E-state index in [0.29, 0.717) is 13.1 Å². The van der Waals surface area contributed by atoms with Gasteiger partial charge in [-0.2, -0.15) is 0 Å². The second-order valence-corrected chi connectivity index (χ2v) is 5.28. The van der Waals surface area contributed by atoms with Gasteiger partial charge in [-0.3, -0.25) is 4.79 Å². The fourth-order valence-electron chi connectivity index (χ4n) is 1.99. The molecule has 1 aromatic carbocycles. The second kappa shape index (κ2) is 5.01. The fourth-order valence-corrected chi connectivity index (χ4v) is 1.99. The number of hydrogen-bond donors (Lipinski definition) is 2. The van der Waals surface area contributed by atoms with Gasteiger partial charge < -0.3 is 15.6 Å². The molecule has 1 aromatic heterocycles. The number of carbonyl (C=O) groups is 1. The Bertz CT molecular complexity index is 595. The van der Waals surface area contributed by atoms with Crippen LogP contribution in [0.15, 0.2) is 24.3 Å². The van der Waals surface area contributed by atoms with Gasteiger partial charge in [-0.15, -0.1) is 0 Å². The van der Waals surface area contributed by atoms with E-state index in [1.54, 1.807) is 13.8 Å². The highest BCUT2D eigenvalue weighted by molar-refractivity contribution is 5.85. The first-order chi connectivity index (χ1) is 8.89. The number of nitrogens with two attached hydrogens (primary N) is 1. The molecule has 0 spiro atoms. The third kappa shape index (κ3) is 2.93. The zero-order chi connectivity index (χ0) is 14.0. The Morgan fingerprint density at radius 3 is 2.79 bits per heavy atom. The van der Waals surface area contributed by atoms with Crippen LogP contribution in [0.4, 0.5) is 0 Å². The minimum absolute atomic E-state index is 0.144. The molecular weight excluding hydrogens is 240 g/mol. The smallest absolute Gasteiger partial charge is 0.239 e. The quantitative estimate of drug-likeness (QED) is 0.867. The molecule has 0 aliphatic rings. The Morgan fingerprint density at radius 1 is 1.42 bits per heavy atom. The van der Waals surface area contributed by atoms with Crippen molar-refractivity contribution in [3.05, 3.63) is 30.1 Å². The van der Waals surface area contributed by atoms with E-state index in [-0.39, 0.29) is 5.91 Å². The number of nitrogens with one attached hydrogen (secondary N) is 1. The summed E-state index contributed by atoms with van der Waals surface area (Å²) in [6.45, 7) is 6.59. The molecule has 1 amide bonds. The Balaban J connectivity index is 2.06. The lowest BCUT2D eigenvalue weighted by Gasteiger charge is -2.18. The number of benzene rings is 1. The maximum absolute atomic E-state index is 11.7. The monoisotopic (exact) mass is 260 g/mol. The van der Waals surface area contributed by atoms with E-state index in [2.05, 4.69) is 14.9 Å². The summed E-state index contributed by atoms with van der Waals surface area (Å²) in [7, 11) is 0. The van der Waals surface area contributed by atoms with Crippen molar-refractivity contribution < 1.29 is 4.79 Å². The zero-order valence-electron chi connectivity index (χ0n) is 11.6. The number of amides is 1. The van der Waals surface area contributed by atoms with Crippen molar-refractivity contribution in [2.75, 3.05) is 6.54 Å². The third-order valence-electron chi connectivity index (χ3n) is 3.05. The Morgan fingerprint density at radius 2 is 2.11 bits per heavy atom. The summed E-state index contributed by atoms with van der Waals surface area (Å²) < 4.78 is 2.10. The highest BCUT2D eigenvalue weighted by Gasteiger charge is 2.21. The van der Waals surface area contributed by atoms with Crippen molar-refractivity contribution in [1.29, 1.82) is 0 Å². The van der Waals surface area contributed by atoms with Crippen molar-refractivity contribution in [2.45, 2.75) is 32.9 Å². The predicted octanol–water partition coefficient (Wildman–Crippen LogP) is 1.20. The molecule has 0 aliphatic carbocycles. The molecule has 0 radical (unpaired) electrons. The van der Waals surface area contributed by atoms with Gasteiger partial charge >= 0.3 is 0 Å². The minimum atomic E-state index is -0.841. The van der Waals surface area contributed by atoms with Gasteiger partial charge in [0.2, 0.25) is 5.91 Å². The van der Waals surface area contributed by atoms with Gasteiger partial charge in [0.05, 0.1) is 16.6 Å². The van der Waals surface area contributed by atoms with Crippen LogP contribution in [-0.2, 0) is 11.3 Å². The first kappa shape index (κ1) is 13.5. The summed E-state index contributed by atoms with van der Waals surface area (Å²) in [5, 5.41) is 2.84. The number of para-hydroxylation sites is 2. The highest BCUT2D eigenvalue weighted by Crippen LogP contribution is 2.14. The number of aromatic nitrogens is 2. The van der Waals surface area contributed by atoms with Crippen LogP contribution >= 0.6 is 0 Å². The molecule has 0 aliphatic heterocycles. The van der Waals surface area contributed by atoms with E-state index >= 15 is 0 Å². The molecule has 1 heterocycles. The van der Waals surface area contributed by atoms with Gasteiger partial charge in [0.25, 0.3) is 0 Å². The van der Waals surface area contributed by atoms with E-state index in [4.69, 9.17) is 5.73 Å². The number of rotatable bonds is 4. The first-order valence-corrected chi connectivity index (χ1v) is 6.38. The average Bonchev–Trinajstić information content (AvgIpc) is 2.64. The summed E-state index contributed by atoms with van der Waals surface area (Å²) in [4.78, 5) is 16.2. The minimum Gasteiger partial charge on any atom is -0.353 e. The Labute approximate surface area is 112 Å². The number of imidazole rings is 1. The van der Waals surface area contributed by atoms with Crippen LogP contribution < -0.4 is 11.1 Å². The SMILES string of the molecule is Cc1nc2ccccc2n1CCNC(=O)C(C)(C)N. The van der Waals surface area contributed by atoms with Crippen molar-refractivity contribution in [3.63, 3.8) is 0 Å². The standard InChI is InChI=1S/C14H20N4O/c1-10-17-11-6-4-5-7-12(11)18(10)9-8-16-13(19)14(2,3)15/h4-7H,8-9,15H2,1-3H3,(H,16,19). The molecule has 0 atom stereocenters. The Kier molecular flexibility index (Phi) is 3.57. The van der Waals surface area contributed by atoms with Crippen LogP contribution in [0.5, 0.6) is 0 Å². The lowest BCUT2D eigenvalue weighted by atomic mass is 10.1. The number of carbonyl (C=O) groups excluding carboxylic acids is 1. The van der Waals surface area contributed by atoms with Crippen LogP contribution in [0.2, 0.25) is 0 Å². The van der Waals surface area contributed by atoms with Crippen LogP contribution in [0.3, 0.4) is 0 Å². The normalized spacial score (nSPS) is 11.8. The highest BCUT2D eigenvalue weighted by atomic mass is 16.2. The fraction of sp³-hybridized carbons (Fsp3) is 0.429. The number of nitrogens with zero attached hydrogens (tertiary/aromatic N) is 2. The summed E-state index contributed by atoms with van der Waals surface area (Å²) >= 11 is 0. The maximum Gasteiger partial charge on any atom is 0.239 e. The molecule has 0 unspecified atom stereocenters. The lowest BCUT2D eigenvalue weighted by molar-refractivity contribution is -0.125. The summed E-state index contributed by atoms with van der Waals surface area (Å²) in [6, 6.07) is 7.98. The number of aryl methyl sites for hydroxylation is 1. The summed E-state index contributed by atoms with van der Waals surface area (Å²) in [5.74, 6) is 0.803. The molecule has 0 saturated carbocycles. The van der Waals surface area contributed by atoms with Gasteiger partial charge in [-0.25, -0.2) is 4.98 Å². The predicted molar refractivity (Wildman–Crippen MR) is 75.7 cm³/mol. The van der Waals surface area contributed by atoms with Gasteiger partial charge in [-0.1, -0.05) is 12.1 Å². The average molecular weight is 260 g/mol. The van der Waals surface area contributed by atoms with Gasteiger partial charge in [0, 0.05) is 13.1 Å². The molecule has 3 N–H and O–H groups in total. The van der Waals surface area contributed by atoms with E-state index in [1.165, 1.54) is 0 Å². The van der Waals surface area contributed by atoms with E-state index < -0.39 is 5.54 Å². The third-order valence-corrected chi connectivity index (χ3v) is 3.05. The van der Waals surface area contributed by atoms with Crippen molar-refractivity contribution in [1.82, 2.24) is 14.9 Å².